The fourth-order valence-electron chi connectivity index (χ4n) is 1.89. The summed E-state index contributed by atoms with van der Waals surface area (Å²) in [6.45, 7) is 5.46. The van der Waals surface area contributed by atoms with Crippen molar-refractivity contribution in [2.45, 2.75) is 26.4 Å². The van der Waals surface area contributed by atoms with E-state index in [0.29, 0.717) is 16.2 Å². The van der Waals surface area contributed by atoms with Crippen LogP contribution in [0.15, 0.2) is 30.3 Å². The Morgan fingerprint density at radius 1 is 1.18 bits per heavy atom. The summed E-state index contributed by atoms with van der Waals surface area (Å²) in [6.07, 6.45) is 0.809. The molecular weight excluding hydrogens is 300 g/mol. The number of carbonyl (C=O) groups is 2. The van der Waals surface area contributed by atoms with Gasteiger partial charge < -0.3 is 9.47 Å². The molecule has 1 heterocycles. The van der Waals surface area contributed by atoms with Gasteiger partial charge in [0.15, 0.2) is 6.29 Å². The number of carbonyl (C=O) groups excluding carboxylic acids is 2. The molecule has 4 nitrogen and oxygen atoms in total. The molecule has 116 valence electrons. The van der Waals surface area contributed by atoms with Crippen LogP contribution in [0.25, 0.3) is 10.4 Å². The number of methoxy groups -OCH3 is 1. The van der Waals surface area contributed by atoms with Crippen molar-refractivity contribution in [1.82, 2.24) is 0 Å². The van der Waals surface area contributed by atoms with E-state index in [1.807, 2.05) is 32.9 Å². The molecule has 0 unspecified atom stereocenters. The second-order valence-electron chi connectivity index (χ2n) is 5.77. The molecule has 0 aliphatic heterocycles. The van der Waals surface area contributed by atoms with Gasteiger partial charge in [0.25, 0.3) is 0 Å². The highest BCUT2D eigenvalue weighted by molar-refractivity contribution is 7.17. The molecule has 22 heavy (non-hydrogen) atoms. The number of benzene rings is 1. The first-order valence-corrected chi connectivity index (χ1v) is 7.62. The molecule has 0 aliphatic rings. The number of esters is 1. The molecule has 1 aromatic carbocycles. The topological polar surface area (TPSA) is 52.6 Å². The van der Waals surface area contributed by atoms with E-state index < -0.39 is 11.6 Å². The Kier molecular flexibility index (Phi) is 4.66. The van der Waals surface area contributed by atoms with E-state index in [1.165, 1.54) is 11.3 Å². The first kappa shape index (κ1) is 16.2. The van der Waals surface area contributed by atoms with Crippen molar-refractivity contribution in [2.75, 3.05) is 7.11 Å². The van der Waals surface area contributed by atoms with Crippen molar-refractivity contribution in [1.29, 1.82) is 0 Å². The maximum atomic E-state index is 12.2. The largest absolute Gasteiger partial charge is 0.497 e. The van der Waals surface area contributed by atoms with Crippen molar-refractivity contribution in [3.63, 3.8) is 0 Å². The zero-order chi connectivity index (χ0) is 16.3. The Bertz CT molecular complexity index is 695. The lowest BCUT2D eigenvalue weighted by atomic mass is 10.1. The third-order valence-corrected chi connectivity index (χ3v) is 3.86. The zero-order valence-corrected chi connectivity index (χ0v) is 13.8. The summed E-state index contributed by atoms with van der Waals surface area (Å²) >= 11 is 1.36. The second-order valence-corrected chi connectivity index (χ2v) is 6.89. The molecule has 0 aliphatic carbocycles. The summed E-state index contributed by atoms with van der Waals surface area (Å²) in [5.74, 6) is 0.166. The van der Waals surface area contributed by atoms with E-state index in [9.17, 15) is 9.59 Å². The van der Waals surface area contributed by atoms with Crippen molar-refractivity contribution >= 4 is 23.6 Å². The van der Waals surface area contributed by atoms with Crippen LogP contribution >= 0.6 is 11.3 Å². The minimum atomic E-state index is -0.562. The highest BCUT2D eigenvalue weighted by atomic mass is 32.1. The fraction of sp³-hybridized carbons (Fsp3) is 0.294. The summed E-state index contributed by atoms with van der Waals surface area (Å²) in [5.41, 5.74) is 0.678. The SMILES string of the molecule is COc1cc(C(=O)OC(C)(C)C)cc(-c2ccc(C=O)s2)c1. The summed E-state index contributed by atoms with van der Waals surface area (Å²) in [7, 11) is 1.54. The van der Waals surface area contributed by atoms with Gasteiger partial charge in [-0.1, -0.05) is 0 Å². The highest BCUT2D eigenvalue weighted by Gasteiger charge is 2.19. The molecule has 0 amide bonds. The third-order valence-electron chi connectivity index (χ3n) is 2.80. The Hall–Kier alpha value is -2.14. The summed E-state index contributed by atoms with van der Waals surface area (Å²) in [6, 6.07) is 8.82. The van der Waals surface area contributed by atoms with Gasteiger partial charge >= 0.3 is 5.97 Å². The van der Waals surface area contributed by atoms with Gasteiger partial charge in [0.1, 0.15) is 11.4 Å². The van der Waals surface area contributed by atoms with E-state index >= 15 is 0 Å². The predicted octanol–water partition coefficient (Wildman–Crippen LogP) is 4.19. The number of rotatable bonds is 4. The number of thiophene rings is 1. The minimum Gasteiger partial charge on any atom is -0.497 e. The number of ether oxygens (including phenoxy) is 2. The molecule has 0 N–H and O–H groups in total. The normalized spacial score (nSPS) is 11.1. The van der Waals surface area contributed by atoms with E-state index in [1.54, 1.807) is 25.3 Å². The maximum absolute atomic E-state index is 12.2. The van der Waals surface area contributed by atoms with Crippen molar-refractivity contribution in [3.05, 3.63) is 40.8 Å². The lowest BCUT2D eigenvalue weighted by Crippen LogP contribution is -2.23. The zero-order valence-electron chi connectivity index (χ0n) is 13.0. The van der Waals surface area contributed by atoms with Crippen LogP contribution in [0.4, 0.5) is 0 Å². The molecule has 0 saturated heterocycles. The summed E-state index contributed by atoms with van der Waals surface area (Å²) in [5, 5.41) is 0. The Balaban J connectivity index is 2.41. The molecular formula is C17H18O4S. The van der Waals surface area contributed by atoms with Gasteiger partial charge in [-0.25, -0.2) is 4.79 Å². The van der Waals surface area contributed by atoms with Gasteiger partial charge in [0.2, 0.25) is 0 Å². The van der Waals surface area contributed by atoms with Crippen LogP contribution in [0.2, 0.25) is 0 Å². The van der Waals surface area contributed by atoms with Crippen LogP contribution in [-0.2, 0) is 4.74 Å². The maximum Gasteiger partial charge on any atom is 0.338 e. The average Bonchev–Trinajstić information content (AvgIpc) is 2.94. The molecule has 0 atom stereocenters. The smallest absolute Gasteiger partial charge is 0.338 e. The summed E-state index contributed by atoms with van der Waals surface area (Å²) < 4.78 is 10.7. The second kappa shape index (κ2) is 6.32. The lowest BCUT2D eigenvalue weighted by molar-refractivity contribution is 0.00691. The highest BCUT2D eigenvalue weighted by Crippen LogP contribution is 2.31. The van der Waals surface area contributed by atoms with Crippen LogP contribution in [0.3, 0.4) is 0 Å². The Morgan fingerprint density at radius 3 is 2.45 bits per heavy atom. The molecule has 2 aromatic rings. The van der Waals surface area contributed by atoms with Crippen molar-refractivity contribution in [3.8, 4) is 16.2 Å². The molecule has 0 radical (unpaired) electrons. The number of hydrogen-bond acceptors (Lipinski definition) is 5. The van der Waals surface area contributed by atoms with Crippen molar-refractivity contribution in [2.24, 2.45) is 0 Å². The predicted molar refractivity (Wildman–Crippen MR) is 86.9 cm³/mol. The van der Waals surface area contributed by atoms with Gasteiger partial charge in [0, 0.05) is 4.88 Å². The number of hydrogen-bond donors (Lipinski definition) is 0. The monoisotopic (exact) mass is 318 g/mol. The van der Waals surface area contributed by atoms with Gasteiger partial charge in [-0.2, -0.15) is 0 Å². The van der Waals surface area contributed by atoms with Crippen LogP contribution in [-0.4, -0.2) is 25.0 Å². The third kappa shape index (κ3) is 3.95. The van der Waals surface area contributed by atoms with Gasteiger partial charge in [-0.3, -0.25) is 4.79 Å². The Morgan fingerprint density at radius 2 is 1.91 bits per heavy atom. The fourth-order valence-corrected chi connectivity index (χ4v) is 2.70. The van der Waals surface area contributed by atoms with Crippen LogP contribution < -0.4 is 4.74 Å². The van der Waals surface area contributed by atoms with Crippen LogP contribution in [0.1, 0.15) is 40.8 Å². The molecule has 0 saturated carbocycles. The first-order valence-electron chi connectivity index (χ1n) is 6.80. The molecule has 1 aromatic heterocycles. The first-order chi connectivity index (χ1) is 10.3. The molecule has 2 rings (SSSR count). The molecule has 0 spiro atoms. The molecule has 0 bridgehead atoms. The van der Waals surface area contributed by atoms with Gasteiger partial charge in [-0.05, 0) is 56.7 Å². The minimum absolute atomic E-state index is 0.403. The van der Waals surface area contributed by atoms with Crippen LogP contribution in [0, 0.1) is 0 Å². The molecule has 5 heteroatoms. The van der Waals surface area contributed by atoms with E-state index in [0.717, 1.165) is 16.7 Å². The standard InChI is InChI=1S/C17H18O4S/c1-17(2,3)21-16(19)12-7-11(8-13(9-12)20-4)15-6-5-14(10-18)22-15/h5-10H,1-4H3. The lowest BCUT2D eigenvalue weighted by Gasteiger charge is -2.20. The quantitative estimate of drug-likeness (QED) is 0.626. The van der Waals surface area contributed by atoms with Crippen LogP contribution in [0.5, 0.6) is 5.75 Å². The number of aldehydes is 1. The Labute approximate surface area is 133 Å². The van der Waals surface area contributed by atoms with E-state index in [2.05, 4.69) is 0 Å². The van der Waals surface area contributed by atoms with Crippen molar-refractivity contribution < 1.29 is 19.1 Å². The van der Waals surface area contributed by atoms with Gasteiger partial charge in [0.05, 0.1) is 17.6 Å². The molecule has 0 fully saturated rings. The average molecular weight is 318 g/mol. The van der Waals surface area contributed by atoms with Gasteiger partial charge in [-0.15, -0.1) is 11.3 Å². The van der Waals surface area contributed by atoms with E-state index in [4.69, 9.17) is 9.47 Å². The van der Waals surface area contributed by atoms with E-state index in [-0.39, 0.29) is 0 Å². The summed E-state index contributed by atoms with van der Waals surface area (Å²) in [4.78, 5) is 24.6.